The van der Waals surface area contributed by atoms with Crippen LogP contribution in [0.15, 0.2) is 60.7 Å². The van der Waals surface area contributed by atoms with Crippen LogP contribution in [-0.4, -0.2) is 62.0 Å². The molecule has 0 atom stereocenters. The second-order valence-electron chi connectivity index (χ2n) is 10.7. The lowest BCUT2D eigenvalue weighted by Gasteiger charge is -2.37. The van der Waals surface area contributed by atoms with Crippen molar-refractivity contribution < 1.29 is 9.59 Å². The first-order chi connectivity index (χ1) is 19.4. The fourth-order valence-corrected chi connectivity index (χ4v) is 5.85. The van der Waals surface area contributed by atoms with E-state index in [1.54, 1.807) is 6.07 Å². The number of piperazine rings is 1. The highest BCUT2D eigenvalue weighted by atomic mass is 16.2. The van der Waals surface area contributed by atoms with Gasteiger partial charge in [-0.15, -0.1) is 0 Å². The van der Waals surface area contributed by atoms with Gasteiger partial charge in [0.2, 0.25) is 0 Å². The number of para-hydroxylation sites is 2. The molecule has 2 saturated heterocycles. The first-order valence-corrected chi connectivity index (χ1v) is 13.9. The van der Waals surface area contributed by atoms with E-state index >= 15 is 0 Å². The Morgan fingerprint density at radius 2 is 1.45 bits per heavy atom. The van der Waals surface area contributed by atoms with Gasteiger partial charge in [0.15, 0.2) is 0 Å². The number of primary amides is 1. The molecule has 5 rings (SSSR count). The lowest BCUT2D eigenvalue weighted by molar-refractivity contribution is 0.0745. The van der Waals surface area contributed by atoms with E-state index in [1.165, 1.54) is 0 Å². The number of anilines is 3. The molecule has 3 N–H and O–H groups in total. The zero-order chi connectivity index (χ0) is 28.2. The van der Waals surface area contributed by atoms with Gasteiger partial charge in [-0.3, -0.25) is 9.59 Å². The lowest BCUT2D eigenvalue weighted by Crippen LogP contribution is -2.49. The monoisotopic (exact) mass is 536 g/mol. The third-order valence-corrected chi connectivity index (χ3v) is 8.10. The molecule has 0 radical (unpaired) electrons. The van der Waals surface area contributed by atoms with Gasteiger partial charge in [-0.2, -0.15) is 5.26 Å². The SMILES string of the molecule is Cc1cc(C)c(C(=O)N2CCN(c3ccccc3C(N)=O)CC2)cc1NC1CCN(c2ccccc2C#N)CC1. The smallest absolute Gasteiger partial charge is 0.254 e. The Kier molecular flexibility index (Phi) is 7.92. The van der Waals surface area contributed by atoms with Gasteiger partial charge in [0.1, 0.15) is 6.07 Å². The molecule has 2 aliphatic rings. The summed E-state index contributed by atoms with van der Waals surface area (Å²) in [5, 5.41) is 13.2. The van der Waals surface area contributed by atoms with Gasteiger partial charge >= 0.3 is 0 Å². The summed E-state index contributed by atoms with van der Waals surface area (Å²) in [6.07, 6.45) is 1.90. The minimum absolute atomic E-state index is 0.0336. The highest BCUT2D eigenvalue weighted by Gasteiger charge is 2.26. The molecule has 3 aromatic rings. The molecule has 0 unspecified atom stereocenters. The first kappa shape index (κ1) is 27.1. The Bertz CT molecular complexity index is 1450. The van der Waals surface area contributed by atoms with Crippen molar-refractivity contribution in [3.8, 4) is 6.07 Å². The van der Waals surface area contributed by atoms with Crippen LogP contribution in [0.3, 0.4) is 0 Å². The number of piperidine rings is 1. The van der Waals surface area contributed by atoms with Crippen LogP contribution < -0.4 is 20.9 Å². The van der Waals surface area contributed by atoms with E-state index in [9.17, 15) is 14.9 Å². The van der Waals surface area contributed by atoms with E-state index in [2.05, 4.69) is 34.2 Å². The van der Waals surface area contributed by atoms with Crippen molar-refractivity contribution in [2.45, 2.75) is 32.7 Å². The van der Waals surface area contributed by atoms with E-state index in [0.717, 1.165) is 59.7 Å². The molecule has 0 spiro atoms. The number of nitrogens with zero attached hydrogens (tertiary/aromatic N) is 4. The average molecular weight is 537 g/mol. The molecular formula is C32H36N6O2. The fourth-order valence-electron chi connectivity index (χ4n) is 5.85. The van der Waals surface area contributed by atoms with E-state index in [1.807, 2.05) is 60.4 Å². The van der Waals surface area contributed by atoms with E-state index in [-0.39, 0.29) is 5.91 Å². The van der Waals surface area contributed by atoms with Crippen LogP contribution in [0, 0.1) is 25.2 Å². The molecule has 0 bridgehead atoms. The summed E-state index contributed by atoms with van der Waals surface area (Å²) >= 11 is 0. The summed E-state index contributed by atoms with van der Waals surface area (Å²) in [6.45, 7) is 8.24. The third kappa shape index (κ3) is 5.59. The maximum Gasteiger partial charge on any atom is 0.254 e. The quantitative estimate of drug-likeness (QED) is 0.486. The van der Waals surface area contributed by atoms with Crippen LogP contribution in [0.25, 0.3) is 0 Å². The van der Waals surface area contributed by atoms with E-state index in [4.69, 9.17) is 5.73 Å². The largest absolute Gasteiger partial charge is 0.382 e. The Labute approximate surface area is 236 Å². The number of benzene rings is 3. The molecule has 3 aromatic carbocycles. The zero-order valence-corrected chi connectivity index (χ0v) is 23.2. The molecule has 8 nitrogen and oxygen atoms in total. The van der Waals surface area contributed by atoms with Gasteiger partial charge < -0.3 is 25.8 Å². The topological polar surface area (TPSA) is 106 Å². The number of carbonyl (C=O) groups excluding carboxylic acids is 2. The van der Waals surface area contributed by atoms with Gasteiger partial charge in [0.25, 0.3) is 11.8 Å². The standard InChI is InChI=1S/C32H36N6O2/c1-22-19-23(2)28(35-25-11-13-36(14-12-25)29-9-5-3-7-24(29)21-33)20-27(22)32(40)38-17-15-37(16-18-38)30-10-6-4-8-26(30)31(34)39/h3-10,19-20,25,35H,11-18H2,1-2H3,(H2,34,39). The van der Waals surface area contributed by atoms with Gasteiger partial charge in [-0.25, -0.2) is 0 Å². The summed E-state index contributed by atoms with van der Waals surface area (Å²) < 4.78 is 0. The van der Waals surface area contributed by atoms with Crippen molar-refractivity contribution in [2.24, 2.45) is 5.73 Å². The molecule has 2 aliphatic heterocycles. The molecule has 2 fully saturated rings. The number of carbonyl (C=O) groups is 2. The van der Waals surface area contributed by atoms with E-state index < -0.39 is 5.91 Å². The van der Waals surface area contributed by atoms with Gasteiger partial charge in [-0.05, 0) is 68.1 Å². The Balaban J connectivity index is 1.23. The van der Waals surface area contributed by atoms with Crippen LogP contribution in [-0.2, 0) is 0 Å². The molecule has 0 aromatic heterocycles. The predicted octanol–water partition coefficient (Wildman–Crippen LogP) is 4.32. The maximum absolute atomic E-state index is 13.6. The Morgan fingerprint density at radius 1 is 0.825 bits per heavy atom. The molecular weight excluding hydrogens is 500 g/mol. The second kappa shape index (κ2) is 11.7. The molecule has 0 saturated carbocycles. The number of nitriles is 1. The number of rotatable bonds is 6. The van der Waals surface area contributed by atoms with Crippen LogP contribution >= 0.6 is 0 Å². The second-order valence-corrected chi connectivity index (χ2v) is 10.7. The van der Waals surface area contributed by atoms with Crippen LogP contribution in [0.5, 0.6) is 0 Å². The summed E-state index contributed by atoms with van der Waals surface area (Å²) in [5.41, 5.74) is 12.4. The zero-order valence-electron chi connectivity index (χ0n) is 23.2. The fraction of sp³-hybridized carbons (Fsp3) is 0.344. The minimum Gasteiger partial charge on any atom is -0.382 e. The van der Waals surface area contributed by atoms with E-state index in [0.29, 0.717) is 43.3 Å². The van der Waals surface area contributed by atoms with Crippen molar-refractivity contribution in [1.82, 2.24) is 4.90 Å². The van der Waals surface area contributed by atoms with Crippen molar-refractivity contribution >= 4 is 28.9 Å². The summed E-state index contributed by atoms with van der Waals surface area (Å²) in [6, 6.07) is 21.8. The van der Waals surface area contributed by atoms with Gasteiger partial charge in [0, 0.05) is 62.2 Å². The van der Waals surface area contributed by atoms with Crippen LogP contribution in [0.4, 0.5) is 17.1 Å². The molecule has 2 amide bonds. The normalized spacial score (nSPS) is 16.0. The molecule has 2 heterocycles. The maximum atomic E-state index is 13.6. The minimum atomic E-state index is -0.443. The number of hydrogen-bond donors (Lipinski definition) is 2. The molecule has 0 aliphatic carbocycles. The average Bonchev–Trinajstić information content (AvgIpc) is 2.98. The summed E-state index contributed by atoms with van der Waals surface area (Å²) in [7, 11) is 0. The number of hydrogen-bond acceptors (Lipinski definition) is 6. The first-order valence-electron chi connectivity index (χ1n) is 13.9. The van der Waals surface area contributed by atoms with Crippen molar-refractivity contribution in [2.75, 3.05) is 54.4 Å². The van der Waals surface area contributed by atoms with Crippen molar-refractivity contribution in [3.63, 3.8) is 0 Å². The van der Waals surface area contributed by atoms with Crippen LogP contribution in [0.2, 0.25) is 0 Å². The molecule has 206 valence electrons. The molecule has 40 heavy (non-hydrogen) atoms. The van der Waals surface area contributed by atoms with Crippen molar-refractivity contribution in [3.05, 3.63) is 88.5 Å². The highest BCUT2D eigenvalue weighted by Crippen LogP contribution is 2.28. The van der Waals surface area contributed by atoms with Crippen molar-refractivity contribution in [1.29, 1.82) is 5.26 Å². The summed E-state index contributed by atoms with van der Waals surface area (Å²) in [4.78, 5) is 31.8. The lowest BCUT2D eigenvalue weighted by atomic mass is 9.99. The Morgan fingerprint density at radius 3 is 2.12 bits per heavy atom. The number of nitrogens with two attached hydrogens (primary N) is 1. The van der Waals surface area contributed by atoms with Crippen LogP contribution in [0.1, 0.15) is 50.2 Å². The van der Waals surface area contributed by atoms with Gasteiger partial charge in [-0.1, -0.05) is 30.3 Å². The number of amides is 2. The third-order valence-electron chi connectivity index (χ3n) is 8.10. The predicted molar refractivity (Wildman–Crippen MR) is 159 cm³/mol. The Hall–Kier alpha value is -4.51. The van der Waals surface area contributed by atoms with Gasteiger partial charge in [0.05, 0.1) is 16.8 Å². The molecule has 8 heteroatoms. The number of nitrogens with one attached hydrogen (secondary N) is 1. The number of aryl methyl sites for hydroxylation is 2. The highest BCUT2D eigenvalue weighted by molar-refractivity contribution is 5.99. The summed E-state index contributed by atoms with van der Waals surface area (Å²) in [5.74, 6) is -0.409.